The van der Waals surface area contributed by atoms with Gasteiger partial charge in [-0.2, -0.15) is 0 Å². The Morgan fingerprint density at radius 1 is 1.41 bits per heavy atom. The molecule has 1 aromatic rings. The van der Waals surface area contributed by atoms with Gasteiger partial charge in [-0.1, -0.05) is 12.1 Å². The molecule has 2 N–H and O–H groups in total. The number of carbonyl (C=O) groups excluding carboxylic acids is 2. The summed E-state index contributed by atoms with van der Waals surface area (Å²) in [4.78, 5) is 24.7. The largest absolute Gasteiger partial charge is 0.343 e. The van der Waals surface area contributed by atoms with E-state index < -0.39 is 0 Å². The Balaban J connectivity index is 1.60. The molecule has 0 radical (unpaired) electrons. The summed E-state index contributed by atoms with van der Waals surface area (Å²) in [5, 5.41) is 5.26. The Morgan fingerprint density at radius 3 is 3.00 bits per heavy atom. The standard InChI is InChI=1S/C16H20FN3O2/c17-14-5-1-4-13(12-14)7-9-19-16(22)18-8-3-11-20-10-2-6-15(20)21/h1,4-5,7,9,12H,2-3,6,8,10-11H2,(H2,18,19,22)/b9-7+. The second-order valence-corrected chi connectivity index (χ2v) is 5.13. The van der Waals surface area contributed by atoms with Crippen LogP contribution in [0.2, 0.25) is 0 Å². The molecule has 1 heterocycles. The molecule has 3 amide bonds. The van der Waals surface area contributed by atoms with E-state index in [1.807, 2.05) is 4.90 Å². The van der Waals surface area contributed by atoms with E-state index in [1.54, 1.807) is 18.2 Å². The normalized spacial score (nSPS) is 14.6. The molecule has 0 atom stereocenters. The summed E-state index contributed by atoms with van der Waals surface area (Å²) in [7, 11) is 0. The highest BCUT2D eigenvalue weighted by molar-refractivity contribution is 5.78. The fourth-order valence-electron chi connectivity index (χ4n) is 2.29. The lowest BCUT2D eigenvalue weighted by atomic mass is 10.2. The molecule has 0 aliphatic carbocycles. The second-order valence-electron chi connectivity index (χ2n) is 5.13. The van der Waals surface area contributed by atoms with Gasteiger partial charge in [0, 0.05) is 32.3 Å². The van der Waals surface area contributed by atoms with Crippen LogP contribution in [0, 0.1) is 5.82 Å². The molecule has 6 heteroatoms. The number of hydrogen-bond acceptors (Lipinski definition) is 2. The van der Waals surface area contributed by atoms with E-state index in [1.165, 1.54) is 18.3 Å². The van der Waals surface area contributed by atoms with Crippen molar-refractivity contribution in [3.05, 3.63) is 41.8 Å². The molecular formula is C16H20FN3O2. The summed E-state index contributed by atoms with van der Waals surface area (Å²) in [5.74, 6) is -0.120. The zero-order valence-corrected chi connectivity index (χ0v) is 12.3. The highest BCUT2D eigenvalue weighted by Gasteiger charge is 2.18. The number of nitrogens with one attached hydrogen (secondary N) is 2. The number of likely N-dealkylation sites (tertiary alicyclic amines) is 1. The first kappa shape index (κ1) is 16.0. The number of nitrogens with zero attached hydrogens (tertiary/aromatic N) is 1. The smallest absolute Gasteiger partial charge is 0.318 e. The van der Waals surface area contributed by atoms with Gasteiger partial charge in [0.05, 0.1) is 0 Å². The lowest BCUT2D eigenvalue weighted by molar-refractivity contribution is -0.127. The Kier molecular flexibility index (Phi) is 5.94. The quantitative estimate of drug-likeness (QED) is 0.791. The van der Waals surface area contributed by atoms with E-state index >= 15 is 0 Å². The molecule has 1 saturated heterocycles. The van der Waals surface area contributed by atoms with E-state index in [4.69, 9.17) is 0 Å². The SMILES string of the molecule is O=C(N/C=C/c1cccc(F)c1)NCCCN1CCCC1=O. The van der Waals surface area contributed by atoms with Crippen molar-refractivity contribution in [1.29, 1.82) is 0 Å². The van der Waals surface area contributed by atoms with Crippen molar-refractivity contribution < 1.29 is 14.0 Å². The van der Waals surface area contributed by atoms with Crippen LogP contribution in [0.3, 0.4) is 0 Å². The van der Waals surface area contributed by atoms with Gasteiger partial charge in [-0.05, 0) is 36.6 Å². The van der Waals surface area contributed by atoms with Crippen LogP contribution in [0.25, 0.3) is 6.08 Å². The molecule has 5 nitrogen and oxygen atoms in total. The lowest BCUT2D eigenvalue weighted by Crippen LogP contribution is -2.35. The first-order chi connectivity index (χ1) is 10.6. The maximum absolute atomic E-state index is 13.0. The third kappa shape index (κ3) is 5.20. The van der Waals surface area contributed by atoms with Crippen LogP contribution in [-0.4, -0.2) is 36.5 Å². The molecule has 0 bridgehead atoms. The monoisotopic (exact) mass is 305 g/mol. The van der Waals surface area contributed by atoms with Crippen molar-refractivity contribution in [3.8, 4) is 0 Å². The number of benzene rings is 1. The van der Waals surface area contributed by atoms with Gasteiger partial charge < -0.3 is 15.5 Å². The molecule has 118 valence electrons. The minimum atomic E-state index is -0.319. The predicted molar refractivity (Wildman–Crippen MR) is 82.4 cm³/mol. The number of rotatable bonds is 6. The van der Waals surface area contributed by atoms with Crippen LogP contribution in [-0.2, 0) is 4.79 Å². The van der Waals surface area contributed by atoms with Crippen molar-refractivity contribution in [1.82, 2.24) is 15.5 Å². The number of urea groups is 1. The molecule has 0 spiro atoms. The van der Waals surface area contributed by atoms with Gasteiger partial charge in [-0.3, -0.25) is 4.79 Å². The summed E-state index contributed by atoms with van der Waals surface area (Å²) in [6, 6.07) is 5.77. The van der Waals surface area contributed by atoms with Crippen LogP contribution in [0.5, 0.6) is 0 Å². The molecule has 1 aliphatic rings. The Morgan fingerprint density at radius 2 is 2.27 bits per heavy atom. The van der Waals surface area contributed by atoms with Crippen LogP contribution < -0.4 is 10.6 Å². The van der Waals surface area contributed by atoms with E-state index in [9.17, 15) is 14.0 Å². The highest BCUT2D eigenvalue weighted by atomic mass is 19.1. The topological polar surface area (TPSA) is 61.4 Å². The van der Waals surface area contributed by atoms with Crippen LogP contribution in [0.4, 0.5) is 9.18 Å². The van der Waals surface area contributed by atoms with Crippen molar-refractivity contribution >= 4 is 18.0 Å². The zero-order chi connectivity index (χ0) is 15.8. The van der Waals surface area contributed by atoms with E-state index in [0.717, 1.165) is 19.4 Å². The van der Waals surface area contributed by atoms with Gasteiger partial charge in [0.1, 0.15) is 5.82 Å². The third-order valence-corrected chi connectivity index (χ3v) is 3.40. The number of amides is 3. The zero-order valence-electron chi connectivity index (χ0n) is 12.3. The van der Waals surface area contributed by atoms with Crippen molar-refractivity contribution in [2.45, 2.75) is 19.3 Å². The molecule has 22 heavy (non-hydrogen) atoms. The number of hydrogen-bond donors (Lipinski definition) is 2. The Hall–Kier alpha value is -2.37. The van der Waals surface area contributed by atoms with E-state index in [2.05, 4.69) is 10.6 Å². The Labute approximate surface area is 129 Å². The fourth-order valence-corrected chi connectivity index (χ4v) is 2.29. The molecular weight excluding hydrogens is 285 g/mol. The van der Waals surface area contributed by atoms with Crippen LogP contribution in [0.15, 0.2) is 30.5 Å². The van der Waals surface area contributed by atoms with Crippen LogP contribution in [0.1, 0.15) is 24.8 Å². The first-order valence-corrected chi connectivity index (χ1v) is 7.39. The molecule has 1 fully saturated rings. The minimum Gasteiger partial charge on any atom is -0.343 e. The summed E-state index contributed by atoms with van der Waals surface area (Å²) < 4.78 is 13.0. The maximum Gasteiger partial charge on any atom is 0.318 e. The molecule has 2 rings (SSSR count). The maximum atomic E-state index is 13.0. The average molecular weight is 305 g/mol. The summed E-state index contributed by atoms with van der Waals surface area (Å²) in [6.07, 6.45) is 5.38. The third-order valence-electron chi connectivity index (χ3n) is 3.40. The minimum absolute atomic E-state index is 0.197. The van der Waals surface area contributed by atoms with Gasteiger partial charge in [0.25, 0.3) is 0 Å². The van der Waals surface area contributed by atoms with E-state index in [-0.39, 0.29) is 17.8 Å². The lowest BCUT2D eigenvalue weighted by Gasteiger charge is -2.15. The van der Waals surface area contributed by atoms with Gasteiger partial charge >= 0.3 is 6.03 Å². The molecule has 0 aromatic heterocycles. The van der Waals surface area contributed by atoms with Gasteiger partial charge in [0.2, 0.25) is 5.91 Å². The van der Waals surface area contributed by atoms with Crippen molar-refractivity contribution in [2.24, 2.45) is 0 Å². The molecule has 0 unspecified atom stereocenters. The van der Waals surface area contributed by atoms with Crippen molar-refractivity contribution in [3.63, 3.8) is 0 Å². The highest BCUT2D eigenvalue weighted by Crippen LogP contribution is 2.09. The summed E-state index contributed by atoms with van der Waals surface area (Å²) >= 11 is 0. The van der Waals surface area contributed by atoms with Crippen molar-refractivity contribution in [2.75, 3.05) is 19.6 Å². The molecule has 1 aromatic carbocycles. The predicted octanol–water partition coefficient (Wildman–Crippen LogP) is 2.11. The van der Waals surface area contributed by atoms with E-state index in [0.29, 0.717) is 25.1 Å². The first-order valence-electron chi connectivity index (χ1n) is 7.39. The van der Waals surface area contributed by atoms with Gasteiger partial charge in [0.15, 0.2) is 0 Å². The fraction of sp³-hybridized carbons (Fsp3) is 0.375. The molecule has 0 saturated carbocycles. The summed E-state index contributed by atoms with van der Waals surface area (Å²) in [5.41, 5.74) is 0.674. The van der Waals surface area contributed by atoms with Gasteiger partial charge in [-0.25, -0.2) is 9.18 Å². The Bertz CT molecular complexity index is 560. The number of halogens is 1. The summed E-state index contributed by atoms with van der Waals surface area (Å²) in [6.45, 7) is 2.00. The van der Waals surface area contributed by atoms with Crippen LogP contribution >= 0.6 is 0 Å². The molecule has 1 aliphatic heterocycles. The number of carbonyl (C=O) groups is 2. The average Bonchev–Trinajstić information content (AvgIpc) is 2.89. The second kappa shape index (κ2) is 8.17. The van der Waals surface area contributed by atoms with Gasteiger partial charge in [-0.15, -0.1) is 0 Å².